The Labute approximate surface area is 71.0 Å². The molecule has 1 aliphatic heterocycles. The molecule has 0 aromatic rings. The lowest BCUT2D eigenvalue weighted by Gasteiger charge is -2.24. The van der Waals surface area contributed by atoms with Gasteiger partial charge in [0.05, 0.1) is 5.66 Å². The minimum absolute atomic E-state index is 0.0342. The summed E-state index contributed by atoms with van der Waals surface area (Å²) in [5.41, 5.74) is 1.54. The predicted molar refractivity (Wildman–Crippen MR) is 45.8 cm³/mol. The Bertz CT molecular complexity index is 243. The molecule has 2 rings (SSSR count). The Morgan fingerprint density at radius 3 is 2.91 bits per heavy atom. The summed E-state index contributed by atoms with van der Waals surface area (Å²) >= 11 is 6.03. The SMILES string of the molecule is CC(=O)N1N=C2CCC2P1Cl. The number of amides is 1. The highest BCUT2D eigenvalue weighted by molar-refractivity contribution is 7.84. The van der Waals surface area contributed by atoms with Gasteiger partial charge in [-0.3, -0.25) is 4.79 Å². The number of rotatable bonds is 0. The van der Waals surface area contributed by atoms with Crippen molar-refractivity contribution in [2.75, 3.05) is 0 Å². The van der Waals surface area contributed by atoms with Crippen LogP contribution >= 0.6 is 18.7 Å². The second-order valence-electron chi connectivity index (χ2n) is 2.74. The fraction of sp³-hybridized carbons (Fsp3) is 0.667. The van der Waals surface area contributed by atoms with Crippen LogP contribution in [-0.4, -0.2) is 22.1 Å². The first-order chi connectivity index (χ1) is 5.20. The van der Waals surface area contributed by atoms with E-state index in [0.29, 0.717) is 5.66 Å². The third kappa shape index (κ3) is 0.986. The van der Waals surface area contributed by atoms with Crippen LogP contribution < -0.4 is 0 Å². The Hall–Kier alpha value is -0.140. The van der Waals surface area contributed by atoms with Crippen molar-refractivity contribution in [1.29, 1.82) is 0 Å². The molecule has 0 bridgehead atoms. The van der Waals surface area contributed by atoms with E-state index in [9.17, 15) is 4.79 Å². The van der Waals surface area contributed by atoms with Crippen LogP contribution in [0.4, 0.5) is 0 Å². The first-order valence-electron chi connectivity index (χ1n) is 3.53. The number of carbonyl (C=O) groups excluding carboxylic acids is 1. The quantitative estimate of drug-likeness (QED) is 0.537. The van der Waals surface area contributed by atoms with E-state index in [1.54, 1.807) is 0 Å². The first kappa shape index (κ1) is 7.51. The summed E-state index contributed by atoms with van der Waals surface area (Å²) in [6.45, 7) is 1.51. The van der Waals surface area contributed by atoms with Crippen molar-refractivity contribution in [2.24, 2.45) is 5.10 Å². The van der Waals surface area contributed by atoms with Crippen LogP contribution in [0.15, 0.2) is 5.10 Å². The lowest BCUT2D eigenvalue weighted by molar-refractivity contribution is -0.124. The lowest BCUT2D eigenvalue weighted by Crippen LogP contribution is -2.25. The highest BCUT2D eigenvalue weighted by atomic mass is 35.7. The zero-order chi connectivity index (χ0) is 8.01. The van der Waals surface area contributed by atoms with E-state index < -0.39 is 7.43 Å². The Balaban J connectivity index is 2.19. The molecule has 1 fully saturated rings. The number of carbonyl (C=O) groups is 1. The van der Waals surface area contributed by atoms with Crippen LogP contribution in [-0.2, 0) is 4.79 Å². The molecule has 0 N–H and O–H groups in total. The molecule has 2 atom stereocenters. The Morgan fingerprint density at radius 2 is 2.64 bits per heavy atom. The van der Waals surface area contributed by atoms with Gasteiger partial charge in [-0.2, -0.15) is 9.88 Å². The van der Waals surface area contributed by atoms with E-state index in [0.717, 1.165) is 18.6 Å². The number of hydrazone groups is 1. The summed E-state index contributed by atoms with van der Waals surface area (Å²) in [7, 11) is -0.829. The van der Waals surface area contributed by atoms with Gasteiger partial charge in [0.2, 0.25) is 5.91 Å². The molecular weight excluding hydrogens is 183 g/mol. The topological polar surface area (TPSA) is 32.7 Å². The van der Waals surface area contributed by atoms with Gasteiger partial charge in [0.25, 0.3) is 0 Å². The molecule has 5 heteroatoms. The van der Waals surface area contributed by atoms with Crippen LogP contribution in [0.5, 0.6) is 0 Å². The van der Waals surface area contributed by atoms with Crippen LogP contribution in [0.1, 0.15) is 19.8 Å². The second kappa shape index (κ2) is 2.43. The molecular formula is C6H8ClN2OP. The van der Waals surface area contributed by atoms with Crippen molar-refractivity contribution in [3.8, 4) is 0 Å². The molecule has 1 heterocycles. The third-order valence-electron chi connectivity index (χ3n) is 2.00. The molecule has 60 valence electrons. The lowest BCUT2D eigenvalue weighted by atomic mass is 9.97. The number of nitrogens with zero attached hydrogens (tertiary/aromatic N) is 2. The maximum atomic E-state index is 10.9. The molecule has 0 aromatic heterocycles. The summed E-state index contributed by atoms with van der Waals surface area (Å²) in [5, 5.41) is 4.13. The van der Waals surface area contributed by atoms with E-state index in [2.05, 4.69) is 5.10 Å². The van der Waals surface area contributed by atoms with E-state index in [1.807, 2.05) is 0 Å². The predicted octanol–water partition coefficient (Wildman–Crippen LogP) is 1.92. The van der Waals surface area contributed by atoms with Gasteiger partial charge < -0.3 is 0 Å². The monoisotopic (exact) mass is 190 g/mol. The molecule has 1 aliphatic carbocycles. The number of hydrogen-bond donors (Lipinski definition) is 0. The Morgan fingerprint density at radius 1 is 1.91 bits per heavy atom. The zero-order valence-corrected chi connectivity index (χ0v) is 7.77. The van der Waals surface area contributed by atoms with Gasteiger partial charge >= 0.3 is 0 Å². The normalized spacial score (nSPS) is 34.4. The van der Waals surface area contributed by atoms with Crippen molar-refractivity contribution < 1.29 is 4.79 Å². The minimum atomic E-state index is -0.829. The average molecular weight is 191 g/mol. The fourth-order valence-corrected chi connectivity index (χ4v) is 3.80. The fourth-order valence-electron chi connectivity index (χ4n) is 1.25. The second-order valence-corrected chi connectivity index (χ2v) is 5.36. The van der Waals surface area contributed by atoms with Crippen LogP contribution in [0.25, 0.3) is 0 Å². The molecule has 2 aliphatic rings. The van der Waals surface area contributed by atoms with Crippen molar-refractivity contribution in [1.82, 2.24) is 4.78 Å². The van der Waals surface area contributed by atoms with Gasteiger partial charge in [0.15, 0.2) is 0 Å². The third-order valence-corrected chi connectivity index (χ3v) is 4.94. The number of fused-ring (bicyclic) bond motifs is 1. The largest absolute Gasteiger partial charge is 0.273 e. The summed E-state index contributed by atoms with van der Waals surface area (Å²) in [6, 6.07) is 0. The molecule has 1 saturated carbocycles. The molecule has 3 nitrogen and oxygen atoms in total. The standard InChI is InChI=1S/C6H8ClN2OP/c1-4(10)9-8-5-2-3-6(5)11(9)7/h6H,2-3H2,1H3. The van der Waals surface area contributed by atoms with E-state index >= 15 is 0 Å². The number of halogens is 1. The van der Waals surface area contributed by atoms with Crippen LogP contribution in [0.2, 0.25) is 0 Å². The van der Waals surface area contributed by atoms with Crippen LogP contribution in [0.3, 0.4) is 0 Å². The summed E-state index contributed by atoms with van der Waals surface area (Å²) in [4.78, 5) is 10.9. The van der Waals surface area contributed by atoms with E-state index in [-0.39, 0.29) is 5.91 Å². The highest BCUT2D eigenvalue weighted by Gasteiger charge is 2.43. The van der Waals surface area contributed by atoms with Crippen molar-refractivity contribution >= 4 is 30.3 Å². The van der Waals surface area contributed by atoms with Crippen LogP contribution in [0, 0.1) is 0 Å². The molecule has 11 heavy (non-hydrogen) atoms. The van der Waals surface area contributed by atoms with Crippen molar-refractivity contribution in [2.45, 2.75) is 25.4 Å². The van der Waals surface area contributed by atoms with Gasteiger partial charge in [0, 0.05) is 12.6 Å². The van der Waals surface area contributed by atoms with E-state index in [1.165, 1.54) is 11.7 Å². The number of hydrogen-bond acceptors (Lipinski definition) is 2. The first-order valence-corrected chi connectivity index (χ1v) is 5.80. The molecule has 0 aromatic carbocycles. The van der Waals surface area contributed by atoms with Gasteiger partial charge in [-0.15, -0.1) is 0 Å². The average Bonchev–Trinajstić information content (AvgIpc) is 2.03. The molecule has 0 saturated heterocycles. The molecule has 1 amide bonds. The highest BCUT2D eigenvalue weighted by Crippen LogP contribution is 2.60. The van der Waals surface area contributed by atoms with Gasteiger partial charge in [0.1, 0.15) is 7.43 Å². The van der Waals surface area contributed by atoms with Crippen molar-refractivity contribution in [3.05, 3.63) is 0 Å². The minimum Gasteiger partial charge on any atom is -0.273 e. The van der Waals surface area contributed by atoms with Gasteiger partial charge in [-0.1, -0.05) is 11.2 Å². The Kier molecular flexibility index (Phi) is 1.66. The molecule has 2 unspecified atom stereocenters. The maximum absolute atomic E-state index is 10.9. The summed E-state index contributed by atoms with van der Waals surface area (Å²) in [5.74, 6) is -0.0342. The molecule has 0 spiro atoms. The smallest absolute Gasteiger partial charge is 0.244 e. The van der Waals surface area contributed by atoms with E-state index in [4.69, 9.17) is 11.2 Å². The summed E-state index contributed by atoms with van der Waals surface area (Å²) in [6.07, 6.45) is 2.14. The zero-order valence-electron chi connectivity index (χ0n) is 6.12. The van der Waals surface area contributed by atoms with Crippen molar-refractivity contribution in [3.63, 3.8) is 0 Å². The van der Waals surface area contributed by atoms with Gasteiger partial charge in [-0.05, 0) is 12.8 Å². The maximum Gasteiger partial charge on any atom is 0.244 e. The van der Waals surface area contributed by atoms with Gasteiger partial charge in [-0.25, -0.2) is 0 Å². The summed E-state index contributed by atoms with van der Waals surface area (Å²) < 4.78 is 1.45. The molecule has 0 radical (unpaired) electrons.